The van der Waals surface area contributed by atoms with E-state index in [-0.39, 0.29) is 4.90 Å². The molecule has 0 spiro atoms. The van der Waals surface area contributed by atoms with Crippen molar-refractivity contribution in [1.29, 1.82) is 0 Å². The number of fused-ring (bicyclic) bond motifs is 1. The fourth-order valence-corrected chi connectivity index (χ4v) is 6.09. The standard InChI is InChI=1S/C20H24N4O3S2/c1-13-14(2)28-20-18(13)19(21-15(3)22-20)23-9-11-24(12-10-23)29(25,26)17-7-5-16(27-4)6-8-17/h5-8H,9-12H2,1-4H3. The van der Waals surface area contributed by atoms with Crippen LogP contribution in [0.1, 0.15) is 16.3 Å². The summed E-state index contributed by atoms with van der Waals surface area (Å²) in [5, 5.41) is 1.09. The number of methoxy groups -OCH3 is 1. The number of hydrogen-bond acceptors (Lipinski definition) is 7. The molecule has 0 atom stereocenters. The number of thiophene rings is 1. The van der Waals surface area contributed by atoms with Gasteiger partial charge in [-0.2, -0.15) is 4.31 Å². The van der Waals surface area contributed by atoms with Crippen molar-refractivity contribution < 1.29 is 13.2 Å². The summed E-state index contributed by atoms with van der Waals surface area (Å²) in [6, 6.07) is 6.53. The lowest BCUT2D eigenvalue weighted by atomic mass is 10.2. The molecular formula is C20H24N4O3S2. The van der Waals surface area contributed by atoms with Crippen LogP contribution in [0, 0.1) is 20.8 Å². The van der Waals surface area contributed by atoms with Crippen LogP contribution < -0.4 is 9.64 Å². The van der Waals surface area contributed by atoms with Gasteiger partial charge in [-0.25, -0.2) is 18.4 Å². The predicted octanol–water partition coefficient (Wildman–Crippen LogP) is 3.14. The number of benzene rings is 1. The van der Waals surface area contributed by atoms with Gasteiger partial charge in [0.2, 0.25) is 10.0 Å². The van der Waals surface area contributed by atoms with Crippen molar-refractivity contribution in [2.45, 2.75) is 25.7 Å². The van der Waals surface area contributed by atoms with Gasteiger partial charge in [0.1, 0.15) is 22.2 Å². The molecule has 3 aromatic rings. The Bertz CT molecular complexity index is 1150. The van der Waals surface area contributed by atoms with Gasteiger partial charge in [0.05, 0.1) is 17.4 Å². The summed E-state index contributed by atoms with van der Waals surface area (Å²) in [7, 11) is -1.97. The van der Waals surface area contributed by atoms with Crippen LogP contribution >= 0.6 is 11.3 Å². The molecule has 2 aromatic heterocycles. The first-order valence-corrected chi connectivity index (χ1v) is 11.7. The Kier molecular flexibility index (Phi) is 5.22. The van der Waals surface area contributed by atoms with Crippen LogP contribution in [0.5, 0.6) is 5.75 Å². The molecule has 4 rings (SSSR count). The summed E-state index contributed by atoms with van der Waals surface area (Å²) >= 11 is 1.68. The Hall–Kier alpha value is -2.23. The number of hydrogen-bond donors (Lipinski definition) is 0. The van der Waals surface area contributed by atoms with E-state index < -0.39 is 10.0 Å². The van der Waals surface area contributed by atoms with Gasteiger partial charge in [-0.15, -0.1) is 11.3 Å². The molecule has 1 aliphatic heterocycles. The highest BCUT2D eigenvalue weighted by Crippen LogP contribution is 2.35. The monoisotopic (exact) mass is 432 g/mol. The van der Waals surface area contributed by atoms with Crippen molar-refractivity contribution >= 4 is 37.4 Å². The number of piperazine rings is 1. The quantitative estimate of drug-likeness (QED) is 0.631. The van der Waals surface area contributed by atoms with Gasteiger partial charge in [0.25, 0.3) is 0 Å². The molecule has 0 N–H and O–H groups in total. The average molecular weight is 433 g/mol. The second-order valence-electron chi connectivity index (χ2n) is 7.12. The van der Waals surface area contributed by atoms with Crippen LogP contribution in [-0.2, 0) is 10.0 Å². The van der Waals surface area contributed by atoms with Gasteiger partial charge >= 0.3 is 0 Å². The number of aryl methyl sites for hydroxylation is 3. The van der Waals surface area contributed by atoms with E-state index >= 15 is 0 Å². The molecule has 0 saturated carbocycles. The molecule has 0 unspecified atom stereocenters. The SMILES string of the molecule is COc1ccc(S(=O)(=O)N2CCN(c3nc(C)nc4sc(C)c(C)c34)CC2)cc1. The minimum Gasteiger partial charge on any atom is -0.497 e. The van der Waals surface area contributed by atoms with Crippen molar-refractivity contribution in [2.75, 3.05) is 38.2 Å². The van der Waals surface area contributed by atoms with Crippen LogP contribution in [0.2, 0.25) is 0 Å². The molecule has 3 heterocycles. The van der Waals surface area contributed by atoms with Gasteiger partial charge < -0.3 is 9.64 Å². The smallest absolute Gasteiger partial charge is 0.243 e. The Morgan fingerprint density at radius 1 is 1.00 bits per heavy atom. The second kappa shape index (κ2) is 7.55. The molecule has 1 aliphatic rings. The van der Waals surface area contributed by atoms with Crippen molar-refractivity contribution in [2.24, 2.45) is 0 Å². The van der Waals surface area contributed by atoms with E-state index in [0.717, 1.165) is 21.9 Å². The molecule has 9 heteroatoms. The summed E-state index contributed by atoms with van der Waals surface area (Å²) in [5.74, 6) is 2.29. The first kappa shape index (κ1) is 20.1. The van der Waals surface area contributed by atoms with Gasteiger partial charge in [0.15, 0.2) is 0 Å². The number of aromatic nitrogens is 2. The lowest BCUT2D eigenvalue weighted by molar-refractivity contribution is 0.384. The maximum Gasteiger partial charge on any atom is 0.243 e. The average Bonchev–Trinajstić information content (AvgIpc) is 3.01. The van der Waals surface area contributed by atoms with Crippen LogP contribution in [0.15, 0.2) is 29.2 Å². The Morgan fingerprint density at radius 3 is 2.28 bits per heavy atom. The molecule has 0 radical (unpaired) electrons. The number of anilines is 1. The minimum atomic E-state index is -3.53. The fourth-order valence-electron chi connectivity index (χ4n) is 3.60. The normalized spacial score (nSPS) is 15.8. The summed E-state index contributed by atoms with van der Waals surface area (Å²) in [6.45, 7) is 8.12. The summed E-state index contributed by atoms with van der Waals surface area (Å²) in [4.78, 5) is 14.0. The zero-order valence-electron chi connectivity index (χ0n) is 17.0. The van der Waals surface area contributed by atoms with Crippen LogP contribution in [0.4, 0.5) is 5.82 Å². The van der Waals surface area contributed by atoms with E-state index in [9.17, 15) is 8.42 Å². The van der Waals surface area contributed by atoms with Gasteiger partial charge in [-0.3, -0.25) is 0 Å². The summed E-state index contributed by atoms with van der Waals surface area (Å²) < 4.78 is 32.7. The largest absolute Gasteiger partial charge is 0.497 e. The summed E-state index contributed by atoms with van der Waals surface area (Å²) in [5.41, 5.74) is 1.20. The van der Waals surface area contributed by atoms with Gasteiger partial charge in [-0.1, -0.05) is 0 Å². The fraction of sp³-hybridized carbons (Fsp3) is 0.400. The molecule has 7 nitrogen and oxygen atoms in total. The second-order valence-corrected chi connectivity index (χ2v) is 10.3. The van der Waals surface area contributed by atoms with E-state index in [1.54, 1.807) is 47.0 Å². The van der Waals surface area contributed by atoms with Gasteiger partial charge in [0, 0.05) is 31.1 Å². The first-order valence-electron chi connectivity index (χ1n) is 9.44. The van der Waals surface area contributed by atoms with E-state index in [4.69, 9.17) is 9.72 Å². The molecular weight excluding hydrogens is 408 g/mol. The summed E-state index contributed by atoms with van der Waals surface area (Å²) in [6.07, 6.45) is 0. The molecule has 29 heavy (non-hydrogen) atoms. The van der Waals surface area contributed by atoms with E-state index in [1.165, 1.54) is 10.4 Å². The molecule has 1 fully saturated rings. The number of sulfonamides is 1. The molecule has 1 aromatic carbocycles. The molecule has 0 aliphatic carbocycles. The Labute approximate surface area is 175 Å². The van der Waals surface area contributed by atoms with Crippen molar-refractivity contribution in [3.63, 3.8) is 0 Å². The third kappa shape index (κ3) is 3.58. The van der Waals surface area contributed by atoms with Gasteiger partial charge in [-0.05, 0) is 50.6 Å². The minimum absolute atomic E-state index is 0.288. The highest BCUT2D eigenvalue weighted by atomic mass is 32.2. The van der Waals surface area contributed by atoms with E-state index in [0.29, 0.717) is 31.9 Å². The zero-order valence-corrected chi connectivity index (χ0v) is 18.6. The maximum atomic E-state index is 13.0. The Morgan fingerprint density at radius 2 is 1.66 bits per heavy atom. The third-order valence-electron chi connectivity index (χ3n) is 5.36. The number of ether oxygens (including phenoxy) is 1. The molecule has 154 valence electrons. The van der Waals surface area contributed by atoms with Crippen LogP contribution in [0.3, 0.4) is 0 Å². The lowest BCUT2D eigenvalue weighted by Crippen LogP contribution is -2.49. The maximum absolute atomic E-state index is 13.0. The molecule has 0 amide bonds. The van der Waals surface area contributed by atoms with Crippen molar-refractivity contribution in [3.8, 4) is 5.75 Å². The zero-order chi connectivity index (χ0) is 20.8. The first-order chi connectivity index (χ1) is 13.8. The Balaban J connectivity index is 1.57. The van der Waals surface area contributed by atoms with Crippen LogP contribution in [0.25, 0.3) is 10.2 Å². The number of nitrogens with zero attached hydrogens (tertiary/aromatic N) is 4. The van der Waals surface area contributed by atoms with Crippen LogP contribution in [-0.4, -0.2) is 56.0 Å². The van der Waals surface area contributed by atoms with Crippen molar-refractivity contribution in [1.82, 2.24) is 14.3 Å². The lowest BCUT2D eigenvalue weighted by Gasteiger charge is -2.35. The highest BCUT2D eigenvalue weighted by Gasteiger charge is 2.30. The highest BCUT2D eigenvalue weighted by molar-refractivity contribution is 7.89. The van der Waals surface area contributed by atoms with Crippen molar-refractivity contribution in [3.05, 3.63) is 40.5 Å². The topological polar surface area (TPSA) is 75.6 Å². The van der Waals surface area contributed by atoms with E-state index in [1.807, 2.05) is 6.92 Å². The third-order valence-corrected chi connectivity index (χ3v) is 8.37. The van der Waals surface area contributed by atoms with E-state index in [2.05, 4.69) is 23.7 Å². The predicted molar refractivity (Wildman–Crippen MR) is 116 cm³/mol. The molecule has 1 saturated heterocycles. The molecule has 0 bridgehead atoms. The number of rotatable bonds is 4.